The van der Waals surface area contributed by atoms with E-state index in [1.807, 2.05) is 0 Å². The van der Waals surface area contributed by atoms with Crippen LogP contribution in [-0.4, -0.2) is 31.3 Å². The van der Waals surface area contributed by atoms with Crippen molar-refractivity contribution in [3.05, 3.63) is 0 Å². The molecule has 1 aliphatic carbocycles. The third-order valence-corrected chi connectivity index (χ3v) is 3.20. The predicted molar refractivity (Wildman–Crippen MR) is 61.1 cm³/mol. The van der Waals surface area contributed by atoms with Gasteiger partial charge < -0.3 is 10.1 Å². The number of halogens is 3. The summed E-state index contributed by atoms with van der Waals surface area (Å²) in [7, 11) is 0. The number of carbonyl (C=O) groups excluding carboxylic acids is 1. The summed E-state index contributed by atoms with van der Waals surface area (Å²) in [6.45, 7) is 1.21. The van der Waals surface area contributed by atoms with Gasteiger partial charge in [0.2, 0.25) is 0 Å². The van der Waals surface area contributed by atoms with Crippen molar-refractivity contribution in [2.45, 2.75) is 51.2 Å². The molecule has 0 radical (unpaired) electrons. The minimum atomic E-state index is -4.15. The van der Waals surface area contributed by atoms with E-state index >= 15 is 0 Å². The number of hydrogen-bond donors (Lipinski definition) is 1. The Balaban J connectivity index is 2.18. The first-order valence-corrected chi connectivity index (χ1v) is 6.36. The van der Waals surface area contributed by atoms with Crippen LogP contribution in [0, 0.1) is 5.92 Å². The van der Waals surface area contributed by atoms with Gasteiger partial charge in [-0.1, -0.05) is 0 Å². The molecule has 3 nitrogen and oxygen atoms in total. The molecule has 0 bridgehead atoms. The van der Waals surface area contributed by atoms with Crippen molar-refractivity contribution in [3.63, 3.8) is 0 Å². The van der Waals surface area contributed by atoms with E-state index in [1.165, 1.54) is 0 Å². The average Bonchev–Trinajstić information content (AvgIpc) is 2.27. The van der Waals surface area contributed by atoms with Crippen LogP contribution in [0.3, 0.4) is 0 Å². The minimum Gasteiger partial charge on any atom is -0.466 e. The molecule has 1 saturated carbocycles. The zero-order valence-corrected chi connectivity index (χ0v) is 10.6. The Morgan fingerprint density at radius 3 is 2.39 bits per heavy atom. The second kappa shape index (κ2) is 6.97. The van der Waals surface area contributed by atoms with Gasteiger partial charge in [-0.25, -0.2) is 0 Å². The summed E-state index contributed by atoms with van der Waals surface area (Å²) in [5.74, 6) is 0.0530. The lowest BCUT2D eigenvalue weighted by Crippen LogP contribution is -2.39. The van der Waals surface area contributed by atoms with Gasteiger partial charge in [0.15, 0.2) is 0 Å². The first-order valence-electron chi connectivity index (χ1n) is 6.36. The number of esters is 1. The third kappa shape index (κ3) is 6.23. The molecule has 1 N–H and O–H groups in total. The summed E-state index contributed by atoms with van der Waals surface area (Å²) in [6, 6.07) is -0.0786. The summed E-state index contributed by atoms with van der Waals surface area (Å²) in [6.07, 6.45) is -0.801. The second-order valence-corrected chi connectivity index (χ2v) is 4.72. The Morgan fingerprint density at radius 1 is 1.28 bits per heavy atom. The predicted octanol–water partition coefficient (Wildman–Crippen LogP) is 2.65. The summed E-state index contributed by atoms with van der Waals surface area (Å²) in [4.78, 5) is 11.3. The lowest BCUT2D eigenvalue weighted by atomic mass is 9.84. The van der Waals surface area contributed by atoms with Crippen molar-refractivity contribution in [1.82, 2.24) is 5.32 Å². The molecule has 0 atom stereocenters. The van der Waals surface area contributed by atoms with E-state index < -0.39 is 12.7 Å². The van der Waals surface area contributed by atoms with Crippen LogP contribution in [0.2, 0.25) is 0 Å². The van der Waals surface area contributed by atoms with Crippen LogP contribution in [0.4, 0.5) is 13.2 Å². The molecule has 0 aromatic carbocycles. The van der Waals surface area contributed by atoms with Crippen LogP contribution >= 0.6 is 0 Å². The van der Waals surface area contributed by atoms with Crippen molar-refractivity contribution in [3.8, 4) is 0 Å². The zero-order chi connectivity index (χ0) is 13.6. The molecule has 0 saturated heterocycles. The highest BCUT2D eigenvalue weighted by atomic mass is 19.4. The first-order chi connectivity index (χ1) is 8.40. The number of ether oxygens (including phenoxy) is 1. The Bertz CT molecular complexity index is 261. The number of carbonyl (C=O) groups is 1. The van der Waals surface area contributed by atoms with Crippen LogP contribution in [0.1, 0.15) is 39.0 Å². The molecule has 0 aromatic heterocycles. The molecule has 1 rings (SSSR count). The number of rotatable bonds is 5. The normalized spacial score (nSPS) is 24.9. The molecular formula is C12H20F3NO2. The lowest BCUT2D eigenvalue weighted by molar-refractivity contribution is -0.144. The van der Waals surface area contributed by atoms with Gasteiger partial charge in [0.25, 0.3) is 0 Å². The van der Waals surface area contributed by atoms with E-state index in [9.17, 15) is 18.0 Å². The summed E-state index contributed by atoms with van der Waals surface area (Å²) < 4.78 is 40.9. The van der Waals surface area contributed by atoms with E-state index in [0.717, 1.165) is 12.8 Å². The third-order valence-electron chi connectivity index (χ3n) is 3.20. The Hall–Kier alpha value is -0.780. The molecule has 0 amide bonds. The quantitative estimate of drug-likeness (QED) is 0.778. The van der Waals surface area contributed by atoms with Gasteiger partial charge in [-0.3, -0.25) is 4.79 Å². The second-order valence-electron chi connectivity index (χ2n) is 4.72. The maximum absolute atomic E-state index is 12.0. The van der Waals surface area contributed by atoms with Gasteiger partial charge in [-0.15, -0.1) is 0 Å². The fraction of sp³-hybridized carbons (Fsp3) is 0.917. The van der Waals surface area contributed by atoms with Crippen LogP contribution in [0.25, 0.3) is 0 Å². The Kier molecular flexibility index (Phi) is 5.91. The molecule has 0 aliphatic heterocycles. The fourth-order valence-electron chi connectivity index (χ4n) is 2.29. The maximum atomic E-state index is 12.0. The van der Waals surface area contributed by atoms with Crippen LogP contribution in [-0.2, 0) is 9.53 Å². The molecule has 0 unspecified atom stereocenters. The monoisotopic (exact) mass is 267 g/mol. The van der Waals surface area contributed by atoms with Crippen molar-refractivity contribution in [2.24, 2.45) is 5.92 Å². The molecule has 0 aromatic rings. The molecule has 106 valence electrons. The van der Waals surface area contributed by atoms with Gasteiger partial charge in [-0.2, -0.15) is 13.2 Å². The van der Waals surface area contributed by atoms with Crippen molar-refractivity contribution < 1.29 is 22.7 Å². The standard InChI is InChI=1S/C12H20F3NO2/c1-2-18-11(17)7-9-3-5-10(6-4-9)16-8-12(13,14)15/h9-10,16H,2-8H2,1H3/t9-,10-. The van der Waals surface area contributed by atoms with Crippen LogP contribution < -0.4 is 5.32 Å². The summed E-state index contributed by atoms with van der Waals surface area (Å²) in [5, 5.41) is 2.52. The van der Waals surface area contributed by atoms with Gasteiger partial charge in [0, 0.05) is 12.5 Å². The van der Waals surface area contributed by atoms with E-state index in [2.05, 4.69) is 5.32 Å². The molecule has 0 heterocycles. The average molecular weight is 267 g/mol. The van der Waals surface area contributed by atoms with E-state index in [1.54, 1.807) is 6.92 Å². The van der Waals surface area contributed by atoms with Crippen molar-refractivity contribution >= 4 is 5.97 Å². The van der Waals surface area contributed by atoms with Crippen molar-refractivity contribution in [1.29, 1.82) is 0 Å². The van der Waals surface area contributed by atoms with Crippen LogP contribution in [0.5, 0.6) is 0 Å². The van der Waals surface area contributed by atoms with E-state index in [0.29, 0.717) is 25.9 Å². The lowest BCUT2D eigenvalue weighted by Gasteiger charge is -2.29. The summed E-state index contributed by atoms with van der Waals surface area (Å²) in [5.41, 5.74) is 0. The van der Waals surface area contributed by atoms with Crippen LogP contribution in [0.15, 0.2) is 0 Å². The molecule has 1 fully saturated rings. The van der Waals surface area contributed by atoms with Gasteiger partial charge in [-0.05, 0) is 38.5 Å². The molecule has 18 heavy (non-hydrogen) atoms. The van der Waals surface area contributed by atoms with Gasteiger partial charge in [0.1, 0.15) is 0 Å². The first kappa shape index (κ1) is 15.3. The Morgan fingerprint density at radius 2 is 1.89 bits per heavy atom. The minimum absolute atomic E-state index is 0.0786. The van der Waals surface area contributed by atoms with E-state index in [4.69, 9.17) is 4.74 Å². The summed E-state index contributed by atoms with van der Waals surface area (Å²) >= 11 is 0. The topological polar surface area (TPSA) is 38.3 Å². The number of hydrogen-bond acceptors (Lipinski definition) is 3. The fourth-order valence-corrected chi connectivity index (χ4v) is 2.29. The highest BCUT2D eigenvalue weighted by Crippen LogP contribution is 2.27. The van der Waals surface area contributed by atoms with Gasteiger partial charge >= 0.3 is 12.1 Å². The smallest absolute Gasteiger partial charge is 0.401 e. The highest BCUT2D eigenvalue weighted by Gasteiger charge is 2.30. The van der Waals surface area contributed by atoms with Gasteiger partial charge in [0.05, 0.1) is 13.2 Å². The molecule has 0 spiro atoms. The largest absolute Gasteiger partial charge is 0.466 e. The zero-order valence-electron chi connectivity index (χ0n) is 10.6. The molecule has 1 aliphatic rings. The number of alkyl halides is 3. The van der Waals surface area contributed by atoms with Crippen molar-refractivity contribution in [2.75, 3.05) is 13.2 Å². The molecule has 6 heteroatoms. The van der Waals surface area contributed by atoms with E-state index in [-0.39, 0.29) is 17.9 Å². The maximum Gasteiger partial charge on any atom is 0.401 e. The SMILES string of the molecule is CCOC(=O)C[C@H]1CC[C@H](NCC(F)(F)F)CC1. The highest BCUT2D eigenvalue weighted by molar-refractivity contribution is 5.69. The number of nitrogens with one attached hydrogen (secondary N) is 1. The Labute approximate surface area is 105 Å². The molecular weight excluding hydrogens is 247 g/mol.